The van der Waals surface area contributed by atoms with Gasteiger partial charge in [0.05, 0.1) is 0 Å². The van der Waals surface area contributed by atoms with Crippen LogP contribution in [-0.2, 0) is 4.79 Å². The van der Waals surface area contributed by atoms with Gasteiger partial charge in [-0.15, -0.1) is 0 Å². The van der Waals surface area contributed by atoms with Crippen molar-refractivity contribution in [2.45, 2.75) is 26.8 Å². The van der Waals surface area contributed by atoms with Crippen LogP contribution in [0.5, 0.6) is 0 Å². The number of fused-ring (bicyclic) bond motifs is 1. The molecule has 3 N–H and O–H groups in total. The molecule has 0 bridgehead atoms. The first-order valence-electron chi connectivity index (χ1n) is 6.55. The Bertz CT molecular complexity index is 673. The summed E-state index contributed by atoms with van der Waals surface area (Å²) in [6.45, 7) is 5.67. The Balaban J connectivity index is 2.26. The van der Waals surface area contributed by atoms with E-state index in [1.54, 1.807) is 20.0 Å². The zero-order chi connectivity index (χ0) is 14.9. The summed E-state index contributed by atoms with van der Waals surface area (Å²) in [6, 6.07) is 4.93. The molecule has 0 fully saturated rings. The second-order valence-electron chi connectivity index (χ2n) is 4.94. The van der Waals surface area contributed by atoms with Crippen LogP contribution < -0.4 is 10.6 Å². The van der Waals surface area contributed by atoms with Crippen LogP contribution in [0.25, 0.3) is 10.9 Å². The lowest BCUT2D eigenvalue weighted by Gasteiger charge is -2.12. The summed E-state index contributed by atoms with van der Waals surface area (Å²) >= 11 is 0. The molecule has 0 aliphatic rings. The van der Waals surface area contributed by atoms with Crippen molar-refractivity contribution in [1.82, 2.24) is 15.6 Å². The van der Waals surface area contributed by atoms with Gasteiger partial charge in [-0.25, -0.2) is 0 Å². The van der Waals surface area contributed by atoms with E-state index in [1.165, 1.54) is 0 Å². The summed E-state index contributed by atoms with van der Waals surface area (Å²) in [5.41, 5.74) is 3.79. The summed E-state index contributed by atoms with van der Waals surface area (Å²) < 4.78 is 0. The fourth-order valence-corrected chi connectivity index (χ4v) is 2.16. The van der Waals surface area contributed by atoms with Crippen LogP contribution in [0, 0.1) is 13.8 Å². The van der Waals surface area contributed by atoms with E-state index in [-0.39, 0.29) is 11.8 Å². The lowest BCUT2D eigenvalue weighted by molar-refractivity contribution is -0.122. The minimum atomic E-state index is -0.558. The van der Waals surface area contributed by atoms with E-state index in [9.17, 15) is 9.59 Å². The third kappa shape index (κ3) is 2.52. The SMILES string of the molecule is CNC(=O)C(C)NC(=O)c1ccc2[nH]c(C)c(C)c2c1. The molecule has 1 aromatic heterocycles. The maximum absolute atomic E-state index is 12.1. The monoisotopic (exact) mass is 273 g/mol. The Labute approximate surface area is 117 Å². The highest BCUT2D eigenvalue weighted by Gasteiger charge is 2.16. The first-order valence-corrected chi connectivity index (χ1v) is 6.55. The Morgan fingerprint density at radius 3 is 2.60 bits per heavy atom. The van der Waals surface area contributed by atoms with Gasteiger partial charge < -0.3 is 15.6 Å². The minimum absolute atomic E-state index is 0.215. The average Bonchev–Trinajstić information content (AvgIpc) is 2.72. The summed E-state index contributed by atoms with van der Waals surface area (Å²) in [7, 11) is 1.54. The molecule has 106 valence electrons. The zero-order valence-corrected chi connectivity index (χ0v) is 12.1. The van der Waals surface area contributed by atoms with Crippen molar-refractivity contribution >= 4 is 22.7 Å². The molecule has 0 spiro atoms. The predicted molar refractivity (Wildman–Crippen MR) is 78.8 cm³/mol. The second kappa shape index (κ2) is 5.36. The fourth-order valence-electron chi connectivity index (χ4n) is 2.16. The van der Waals surface area contributed by atoms with Gasteiger partial charge in [-0.1, -0.05) is 0 Å². The van der Waals surface area contributed by atoms with Crippen molar-refractivity contribution < 1.29 is 9.59 Å². The number of aryl methyl sites for hydroxylation is 2. The summed E-state index contributed by atoms with van der Waals surface area (Å²) in [4.78, 5) is 26.8. The van der Waals surface area contributed by atoms with Gasteiger partial charge in [0.1, 0.15) is 6.04 Å². The maximum atomic E-state index is 12.1. The third-order valence-electron chi connectivity index (χ3n) is 3.56. The van der Waals surface area contributed by atoms with Crippen molar-refractivity contribution in [2.24, 2.45) is 0 Å². The number of carbonyl (C=O) groups excluding carboxylic acids is 2. The molecule has 1 heterocycles. The van der Waals surface area contributed by atoms with E-state index in [0.717, 1.165) is 22.2 Å². The normalized spacial score (nSPS) is 12.2. The lowest BCUT2D eigenvalue weighted by Crippen LogP contribution is -2.43. The number of aromatic nitrogens is 1. The standard InChI is InChI=1S/C15H19N3O2/c1-8-9(2)17-13-6-5-11(7-12(8)13)15(20)18-10(3)14(19)16-4/h5-7,10,17H,1-4H3,(H,16,19)(H,18,20). The highest BCUT2D eigenvalue weighted by Crippen LogP contribution is 2.22. The molecular formula is C15H19N3O2. The summed E-state index contributed by atoms with van der Waals surface area (Å²) in [5.74, 6) is -0.464. The highest BCUT2D eigenvalue weighted by molar-refractivity contribution is 6.00. The number of rotatable bonds is 3. The van der Waals surface area contributed by atoms with Crippen LogP contribution in [0.2, 0.25) is 0 Å². The highest BCUT2D eigenvalue weighted by atomic mass is 16.2. The van der Waals surface area contributed by atoms with Crippen LogP contribution in [-0.4, -0.2) is 29.9 Å². The summed E-state index contributed by atoms with van der Waals surface area (Å²) in [6.07, 6.45) is 0. The smallest absolute Gasteiger partial charge is 0.251 e. The molecule has 0 aliphatic heterocycles. The molecule has 0 aliphatic carbocycles. The number of hydrogen-bond acceptors (Lipinski definition) is 2. The fraction of sp³-hybridized carbons (Fsp3) is 0.333. The topological polar surface area (TPSA) is 74.0 Å². The molecule has 20 heavy (non-hydrogen) atoms. The first-order chi connectivity index (χ1) is 9.43. The van der Waals surface area contributed by atoms with Gasteiger partial charge in [0.2, 0.25) is 5.91 Å². The number of benzene rings is 1. The molecule has 0 saturated carbocycles. The van der Waals surface area contributed by atoms with Crippen LogP contribution in [0.3, 0.4) is 0 Å². The van der Waals surface area contributed by atoms with E-state index in [0.29, 0.717) is 5.56 Å². The van der Waals surface area contributed by atoms with Crippen molar-refractivity contribution in [3.63, 3.8) is 0 Å². The van der Waals surface area contributed by atoms with Gasteiger partial charge in [0.25, 0.3) is 5.91 Å². The van der Waals surface area contributed by atoms with Gasteiger partial charge in [0, 0.05) is 29.2 Å². The maximum Gasteiger partial charge on any atom is 0.251 e. The molecule has 2 amide bonds. The molecule has 2 rings (SSSR count). The van der Waals surface area contributed by atoms with Gasteiger partial charge >= 0.3 is 0 Å². The Kier molecular flexibility index (Phi) is 3.79. The number of carbonyl (C=O) groups is 2. The number of aromatic amines is 1. The Morgan fingerprint density at radius 1 is 1.25 bits per heavy atom. The van der Waals surface area contributed by atoms with E-state index in [1.807, 2.05) is 26.0 Å². The molecule has 0 radical (unpaired) electrons. The van der Waals surface area contributed by atoms with Gasteiger partial charge in [0.15, 0.2) is 0 Å². The largest absolute Gasteiger partial charge is 0.358 e. The first kappa shape index (κ1) is 14.1. The molecular weight excluding hydrogens is 254 g/mol. The van der Waals surface area contributed by atoms with Crippen LogP contribution in [0.4, 0.5) is 0 Å². The van der Waals surface area contributed by atoms with E-state index >= 15 is 0 Å². The number of H-pyrrole nitrogens is 1. The van der Waals surface area contributed by atoms with E-state index in [4.69, 9.17) is 0 Å². The number of likely N-dealkylation sites (N-methyl/N-ethyl adjacent to an activating group) is 1. The lowest BCUT2D eigenvalue weighted by atomic mass is 10.1. The van der Waals surface area contributed by atoms with Gasteiger partial charge in [-0.3, -0.25) is 9.59 Å². The molecule has 1 aromatic carbocycles. The van der Waals surface area contributed by atoms with Gasteiger partial charge in [-0.05, 0) is 44.5 Å². The van der Waals surface area contributed by atoms with Crippen molar-refractivity contribution in [3.8, 4) is 0 Å². The van der Waals surface area contributed by atoms with Crippen molar-refractivity contribution in [3.05, 3.63) is 35.0 Å². The zero-order valence-electron chi connectivity index (χ0n) is 12.1. The van der Waals surface area contributed by atoms with E-state index < -0.39 is 6.04 Å². The van der Waals surface area contributed by atoms with Crippen molar-refractivity contribution in [2.75, 3.05) is 7.05 Å². The molecule has 1 unspecified atom stereocenters. The Morgan fingerprint density at radius 2 is 1.95 bits per heavy atom. The number of hydrogen-bond donors (Lipinski definition) is 3. The van der Waals surface area contributed by atoms with Crippen LogP contribution in [0.15, 0.2) is 18.2 Å². The second-order valence-corrected chi connectivity index (χ2v) is 4.94. The molecule has 1 atom stereocenters. The van der Waals surface area contributed by atoms with E-state index in [2.05, 4.69) is 15.6 Å². The molecule has 0 saturated heterocycles. The van der Waals surface area contributed by atoms with Crippen molar-refractivity contribution in [1.29, 1.82) is 0 Å². The molecule has 2 aromatic rings. The van der Waals surface area contributed by atoms with Gasteiger partial charge in [-0.2, -0.15) is 0 Å². The minimum Gasteiger partial charge on any atom is -0.358 e. The summed E-state index contributed by atoms with van der Waals surface area (Å²) in [5, 5.41) is 6.21. The molecule has 5 nitrogen and oxygen atoms in total. The average molecular weight is 273 g/mol. The van der Waals surface area contributed by atoms with Crippen LogP contribution >= 0.6 is 0 Å². The molecule has 5 heteroatoms. The number of nitrogens with one attached hydrogen (secondary N) is 3. The van der Waals surface area contributed by atoms with Crippen LogP contribution in [0.1, 0.15) is 28.5 Å². The number of amides is 2. The quantitative estimate of drug-likeness (QED) is 0.795. The predicted octanol–water partition coefficient (Wildman–Crippen LogP) is 1.65. The Hall–Kier alpha value is -2.30. The third-order valence-corrected chi connectivity index (χ3v) is 3.56.